The zero-order chi connectivity index (χ0) is 11.6. The maximum absolute atomic E-state index is 12.1. The van der Waals surface area contributed by atoms with E-state index >= 15 is 0 Å². The Morgan fingerprint density at radius 1 is 1.44 bits per heavy atom. The molecule has 16 heavy (non-hydrogen) atoms. The minimum atomic E-state index is -0.198. The summed E-state index contributed by atoms with van der Waals surface area (Å²) < 4.78 is 5.30. The summed E-state index contributed by atoms with van der Waals surface area (Å²) in [5.41, 5.74) is 5.90. The first-order valence-electron chi connectivity index (χ1n) is 6.23. The minimum absolute atomic E-state index is 0.198. The van der Waals surface area contributed by atoms with E-state index in [1.54, 1.807) is 0 Å². The van der Waals surface area contributed by atoms with Gasteiger partial charge in [0.25, 0.3) is 0 Å². The lowest BCUT2D eigenvalue weighted by molar-refractivity contribution is -0.135. The summed E-state index contributed by atoms with van der Waals surface area (Å²) in [6.45, 7) is 1.55. The zero-order valence-electron chi connectivity index (χ0n) is 10.1. The largest absolute Gasteiger partial charge is 0.381 e. The molecule has 0 aromatic rings. The van der Waals surface area contributed by atoms with E-state index in [1.807, 2.05) is 11.9 Å². The van der Waals surface area contributed by atoms with Crippen molar-refractivity contribution in [1.82, 2.24) is 4.90 Å². The van der Waals surface area contributed by atoms with Gasteiger partial charge in [-0.15, -0.1) is 0 Å². The van der Waals surface area contributed by atoms with Crippen LogP contribution in [-0.2, 0) is 9.53 Å². The van der Waals surface area contributed by atoms with Gasteiger partial charge in [-0.25, -0.2) is 0 Å². The number of hydrogen-bond acceptors (Lipinski definition) is 3. The van der Waals surface area contributed by atoms with Crippen LogP contribution in [0.2, 0.25) is 0 Å². The van der Waals surface area contributed by atoms with E-state index < -0.39 is 0 Å². The summed E-state index contributed by atoms with van der Waals surface area (Å²) in [5.74, 6) is 0.203. The van der Waals surface area contributed by atoms with Crippen LogP contribution in [0.5, 0.6) is 0 Å². The molecule has 0 bridgehead atoms. The maximum atomic E-state index is 12.1. The van der Waals surface area contributed by atoms with Crippen LogP contribution in [0.15, 0.2) is 0 Å². The Hall–Kier alpha value is -0.610. The third-order valence-electron chi connectivity index (χ3n) is 3.98. The van der Waals surface area contributed by atoms with E-state index in [0.717, 1.165) is 38.9 Å². The number of rotatable bonds is 3. The monoisotopic (exact) mass is 226 g/mol. The summed E-state index contributed by atoms with van der Waals surface area (Å²) in [6.07, 6.45) is 5.60. The molecule has 1 saturated carbocycles. The van der Waals surface area contributed by atoms with E-state index in [0.29, 0.717) is 12.5 Å². The Balaban J connectivity index is 1.83. The van der Waals surface area contributed by atoms with Crippen LogP contribution in [0, 0.1) is 0 Å². The number of carbonyl (C=O) groups excluding carboxylic acids is 1. The van der Waals surface area contributed by atoms with Gasteiger partial charge < -0.3 is 15.4 Å². The third kappa shape index (κ3) is 2.55. The van der Waals surface area contributed by atoms with Crippen LogP contribution in [0.3, 0.4) is 0 Å². The van der Waals surface area contributed by atoms with Crippen molar-refractivity contribution in [3.05, 3.63) is 0 Å². The Morgan fingerprint density at radius 2 is 2.06 bits per heavy atom. The van der Waals surface area contributed by atoms with Crippen LogP contribution in [0.4, 0.5) is 0 Å². The van der Waals surface area contributed by atoms with Gasteiger partial charge in [-0.3, -0.25) is 4.79 Å². The molecule has 1 saturated heterocycles. The van der Waals surface area contributed by atoms with Gasteiger partial charge in [0.2, 0.25) is 5.91 Å². The number of hydrogen-bond donors (Lipinski definition) is 1. The van der Waals surface area contributed by atoms with Gasteiger partial charge in [0, 0.05) is 38.3 Å². The molecule has 2 aliphatic rings. The van der Waals surface area contributed by atoms with E-state index in [1.165, 1.54) is 6.42 Å². The van der Waals surface area contributed by atoms with Gasteiger partial charge in [-0.05, 0) is 32.1 Å². The standard InChI is InChI=1S/C12H22N2O2/c1-14(10-3-7-16-8-4-10)11(15)9-12(13)5-2-6-12/h10H,2-9,13H2,1H3. The molecule has 0 aromatic heterocycles. The molecule has 2 N–H and O–H groups in total. The highest BCUT2D eigenvalue weighted by molar-refractivity contribution is 5.77. The van der Waals surface area contributed by atoms with Crippen molar-refractivity contribution in [2.24, 2.45) is 5.73 Å². The van der Waals surface area contributed by atoms with Crippen LogP contribution in [0.1, 0.15) is 38.5 Å². The normalized spacial score (nSPS) is 24.9. The Labute approximate surface area is 97.1 Å². The minimum Gasteiger partial charge on any atom is -0.381 e. The lowest BCUT2D eigenvalue weighted by Crippen LogP contribution is -2.51. The fourth-order valence-corrected chi connectivity index (χ4v) is 2.51. The van der Waals surface area contributed by atoms with Crippen LogP contribution >= 0.6 is 0 Å². The van der Waals surface area contributed by atoms with Gasteiger partial charge in [-0.2, -0.15) is 0 Å². The highest BCUT2D eigenvalue weighted by Crippen LogP contribution is 2.32. The van der Waals surface area contributed by atoms with Crippen molar-refractivity contribution in [3.8, 4) is 0 Å². The lowest BCUT2D eigenvalue weighted by atomic mass is 9.75. The van der Waals surface area contributed by atoms with Gasteiger partial charge in [0.1, 0.15) is 0 Å². The predicted octanol–water partition coefficient (Wildman–Crippen LogP) is 0.895. The number of nitrogens with two attached hydrogens (primary N) is 1. The van der Waals surface area contributed by atoms with Crippen molar-refractivity contribution < 1.29 is 9.53 Å². The average Bonchev–Trinajstić information content (AvgIpc) is 2.27. The second kappa shape index (κ2) is 4.72. The molecular formula is C12H22N2O2. The molecule has 1 aliphatic carbocycles. The second-order valence-corrected chi connectivity index (χ2v) is 5.24. The van der Waals surface area contributed by atoms with Gasteiger partial charge in [0.15, 0.2) is 0 Å². The number of ether oxygens (including phenoxy) is 1. The maximum Gasteiger partial charge on any atom is 0.224 e. The van der Waals surface area contributed by atoms with E-state index in [4.69, 9.17) is 10.5 Å². The van der Waals surface area contributed by atoms with Crippen molar-refractivity contribution in [2.75, 3.05) is 20.3 Å². The molecule has 0 spiro atoms. The Morgan fingerprint density at radius 3 is 2.56 bits per heavy atom. The predicted molar refractivity (Wildman–Crippen MR) is 62.0 cm³/mol. The summed E-state index contributed by atoms with van der Waals surface area (Å²) >= 11 is 0. The fourth-order valence-electron chi connectivity index (χ4n) is 2.51. The van der Waals surface area contributed by atoms with Gasteiger partial charge in [-0.1, -0.05) is 0 Å². The first-order valence-corrected chi connectivity index (χ1v) is 6.23. The summed E-state index contributed by atoms with van der Waals surface area (Å²) in [4.78, 5) is 13.9. The Bertz CT molecular complexity index is 258. The molecule has 0 aromatic carbocycles. The highest BCUT2D eigenvalue weighted by Gasteiger charge is 2.36. The summed E-state index contributed by atoms with van der Waals surface area (Å²) in [7, 11) is 1.90. The molecule has 2 fully saturated rings. The molecular weight excluding hydrogens is 204 g/mol. The number of carbonyl (C=O) groups is 1. The molecule has 1 aliphatic heterocycles. The molecule has 0 radical (unpaired) electrons. The Kier molecular flexibility index (Phi) is 3.50. The van der Waals surface area contributed by atoms with Crippen LogP contribution in [0.25, 0.3) is 0 Å². The van der Waals surface area contributed by atoms with Crippen molar-refractivity contribution in [3.63, 3.8) is 0 Å². The topological polar surface area (TPSA) is 55.6 Å². The van der Waals surface area contributed by atoms with E-state index in [-0.39, 0.29) is 11.4 Å². The molecule has 1 heterocycles. The summed E-state index contributed by atoms with van der Waals surface area (Å²) in [5, 5.41) is 0. The average molecular weight is 226 g/mol. The molecule has 4 nitrogen and oxygen atoms in total. The summed E-state index contributed by atoms with van der Waals surface area (Å²) in [6, 6.07) is 0.352. The number of nitrogens with zero attached hydrogens (tertiary/aromatic N) is 1. The molecule has 0 atom stereocenters. The lowest BCUT2D eigenvalue weighted by Gasteiger charge is -2.40. The smallest absolute Gasteiger partial charge is 0.224 e. The first kappa shape index (κ1) is 11.9. The van der Waals surface area contributed by atoms with Crippen LogP contribution in [-0.4, -0.2) is 42.6 Å². The molecule has 2 rings (SSSR count). The SMILES string of the molecule is CN(C(=O)CC1(N)CCC1)C1CCOCC1. The first-order chi connectivity index (χ1) is 7.61. The van der Waals surface area contributed by atoms with Crippen molar-refractivity contribution in [1.29, 1.82) is 0 Å². The van der Waals surface area contributed by atoms with Crippen molar-refractivity contribution in [2.45, 2.75) is 50.1 Å². The molecule has 4 heteroatoms. The van der Waals surface area contributed by atoms with Gasteiger partial charge in [0.05, 0.1) is 0 Å². The fraction of sp³-hybridized carbons (Fsp3) is 0.917. The van der Waals surface area contributed by atoms with Crippen LogP contribution < -0.4 is 5.73 Å². The van der Waals surface area contributed by atoms with E-state index in [9.17, 15) is 4.79 Å². The van der Waals surface area contributed by atoms with Gasteiger partial charge >= 0.3 is 0 Å². The molecule has 1 amide bonds. The quantitative estimate of drug-likeness (QED) is 0.777. The molecule has 0 unspecified atom stereocenters. The number of amides is 1. The second-order valence-electron chi connectivity index (χ2n) is 5.24. The zero-order valence-corrected chi connectivity index (χ0v) is 10.1. The highest BCUT2D eigenvalue weighted by atomic mass is 16.5. The molecule has 92 valence electrons. The van der Waals surface area contributed by atoms with E-state index in [2.05, 4.69) is 0 Å². The third-order valence-corrected chi connectivity index (χ3v) is 3.98. The van der Waals surface area contributed by atoms with Crippen molar-refractivity contribution >= 4 is 5.91 Å².